The first-order chi connectivity index (χ1) is 13.8. The van der Waals surface area contributed by atoms with Crippen molar-refractivity contribution in [1.29, 1.82) is 0 Å². The van der Waals surface area contributed by atoms with Gasteiger partial charge < -0.3 is 9.47 Å². The number of nitrogens with zero attached hydrogens (tertiary/aromatic N) is 3. The highest BCUT2D eigenvalue weighted by molar-refractivity contribution is 7.89. The summed E-state index contributed by atoms with van der Waals surface area (Å²) in [5, 5.41) is 0.153. The van der Waals surface area contributed by atoms with Crippen LogP contribution in [0.1, 0.15) is 48.8 Å². The Kier molecular flexibility index (Phi) is 5.48. The van der Waals surface area contributed by atoms with Crippen molar-refractivity contribution in [1.82, 2.24) is 13.8 Å². The third kappa shape index (κ3) is 3.71. The molecule has 2 aliphatic heterocycles. The lowest BCUT2D eigenvalue weighted by molar-refractivity contribution is 0.0644. The van der Waals surface area contributed by atoms with E-state index in [9.17, 15) is 13.2 Å². The van der Waals surface area contributed by atoms with Gasteiger partial charge in [0.1, 0.15) is 4.90 Å². The molecule has 1 aromatic heterocycles. The van der Waals surface area contributed by atoms with Crippen molar-refractivity contribution in [3.63, 3.8) is 0 Å². The largest absolute Gasteiger partial charge is 0.348 e. The molecular formula is C21H26ClN3O3S. The van der Waals surface area contributed by atoms with Crippen LogP contribution < -0.4 is 0 Å². The first kappa shape index (κ1) is 20.4. The first-order valence-corrected chi connectivity index (χ1v) is 11.9. The third-order valence-corrected chi connectivity index (χ3v) is 8.37. The molecule has 4 rings (SSSR count). The quantitative estimate of drug-likeness (QED) is 0.737. The van der Waals surface area contributed by atoms with Gasteiger partial charge in [-0.15, -0.1) is 0 Å². The number of piperidine rings is 1. The Morgan fingerprint density at radius 3 is 2.69 bits per heavy atom. The molecule has 1 saturated heterocycles. The number of halogens is 1. The van der Waals surface area contributed by atoms with Crippen LogP contribution in [-0.2, 0) is 16.6 Å². The van der Waals surface area contributed by atoms with E-state index in [0.717, 1.165) is 25.1 Å². The van der Waals surface area contributed by atoms with Crippen molar-refractivity contribution in [2.45, 2.75) is 44.2 Å². The Morgan fingerprint density at radius 2 is 1.93 bits per heavy atom. The van der Waals surface area contributed by atoms with E-state index < -0.39 is 10.0 Å². The fraction of sp³-hybridized carbons (Fsp3) is 0.476. The van der Waals surface area contributed by atoms with Gasteiger partial charge in [-0.1, -0.05) is 18.5 Å². The maximum absolute atomic E-state index is 13.2. The first-order valence-electron chi connectivity index (χ1n) is 10.0. The van der Waals surface area contributed by atoms with Crippen LogP contribution in [0.3, 0.4) is 0 Å². The zero-order chi connectivity index (χ0) is 20.8. The fourth-order valence-corrected chi connectivity index (χ4v) is 6.46. The van der Waals surface area contributed by atoms with Crippen LogP contribution in [0.2, 0.25) is 5.02 Å². The standard InChI is InChI=1S/C21H26ClN3O3S/c1-15-5-3-10-24(14-15)29(27,28)20-13-17(7-8-18(20)22)21(26)25-12-11-23-9-4-6-19(23)16(25)2/h4,6-9,13,15-16H,3,5,10-12,14H2,1-2H3. The molecule has 2 atom stereocenters. The average Bonchev–Trinajstić information content (AvgIpc) is 3.18. The van der Waals surface area contributed by atoms with Gasteiger partial charge in [-0.05, 0) is 56.0 Å². The number of carbonyl (C=O) groups excluding carboxylic acids is 1. The van der Waals surface area contributed by atoms with E-state index in [1.54, 1.807) is 11.0 Å². The second kappa shape index (κ2) is 7.78. The van der Waals surface area contributed by atoms with Gasteiger partial charge in [-0.25, -0.2) is 8.42 Å². The number of hydrogen-bond acceptors (Lipinski definition) is 3. The van der Waals surface area contributed by atoms with Crippen LogP contribution in [0.25, 0.3) is 0 Å². The summed E-state index contributed by atoms with van der Waals surface area (Å²) in [7, 11) is -3.74. The molecule has 3 heterocycles. The van der Waals surface area contributed by atoms with Crippen LogP contribution in [0, 0.1) is 5.92 Å². The summed E-state index contributed by atoms with van der Waals surface area (Å²) in [6.45, 7) is 6.32. The maximum atomic E-state index is 13.2. The van der Waals surface area contributed by atoms with Crippen LogP contribution in [0.5, 0.6) is 0 Å². The number of carbonyl (C=O) groups is 1. The van der Waals surface area contributed by atoms with Gasteiger partial charge in [0.05, 0.1) is 11.1 Å². The topological polar surface area (TPSA) is 62.6 Å². The summed E-state index contributed by atoms with van der Waals surface area (Å²) >= 11 is 6.27. The minimum Gasteiger partial charge on any atom is -0.348 e. The predicted octanol–water partition coefficient (Wildman–Crippen LogP) is 3.78. The molecule has 0 bridgehead atoms. The van der Waals surface area contributed by atoms with Crippen LogP contribution in [0.15, 0.2) is 41.4 Å². The molecule has 0 N–H and O–H groups in total. The summed E-state index contributed by atoms with van der Waals surface area (Å²) < 4.78 is 30.1. The predicted molar refractivity (Wildman–Crippen MR) is 112 cm³/mol. The van der Waals surface area contributed by atoms with Gasteiger partial charge in [-0.2, -0.15) is 4.31 Å². The van der Waals surface area contributed by atoms with Crippen molar-refractivity contribution in [2.24, 2.45) is 5.92 Å². The molecule has 0 spiro atoms. The van der Waals surface area contributed by atoms with E-state index in [1.165, 1.54) is 16.4 Å². The number of hydrogen-bond donors (Lipinski definition) is 0. The summed E-state index contributed by atoms with van der Waals surface area (Å²) in [4.78, 5) is 15.0. The molecule has 2 aliphatic rings. The average molecular weight is 436 g/mol. The lowest BCUT2D eigenvalue weighted by Crippen LogP contribution is -2.41. The van der Waals surface area contributed by atoms with E-state index in [0.29, 0.717) is 31.1 Å². The Balaban J connectivity index is 1.64. The van der Waals surface area contributed by atoms with Crippen LogP contribution in [0.4, 0.5) is 0 Å². The highest BCUT2D eigenvalue weighted by Crippen LogP contribution is 2.31. The van der Waals surface area contributed by atoms with Crippen LogP contribution >= 0.6 is 11.6 Å². The summed E-state index contributed by atoms with van der Waals surface area (Å²) in [6, 6.07) is 8.49. The minimum atomic E-state index is -3.74. The molecule has 156 valence electrons. The number of rotatable bonds is 3. The van der Waals surface area contributed by atoms with Gasteiger partial charge in [0.15, 0.2) is 0 Å². The van der Waals surface area contributed by atoms with E-state index in [1.807, 2.05) is 25.3 Å². The molecule has 2 unspecified atom stereocenters. The van der Waals surface area contributed by atoms with Crippen molar-refractivity contribution in [2.75, 3.05) is 19.6 Å². The van der Waals surface area contributed by atoms with Gasteiger partial charge in [-0.3, -0.25) is 4.79 Å². The van der Waals surface area contributed by atoms with Crippen molar-refractivity contribution in [3.8, 4) is 0 Å². The Labute approximate surface area is 177 Å². The van der Waals surface area contributed by atoms with Crippen LogP contribution in [-0.4, -0.2) is 47.7 Å². The Hall–Kier alpha value is -1.83. The van der Waals surface area contributed by atoms with Gasteiger partial charge >= 0.3 is 0 Å². The lowest BCUT2D eigenvalue weighted by atomic mass is 10.0. The van der Waals surface area contributed by atoms with E-state index in [4.69, 9.17) is 11.6 Å². The summed E-state index contributed by atoms with van der Waals surface area (Å²) in [5.41, 5.74) is 1.43. The van der Waals surface area contributed by atoms with Crippen molar-refractivity contribution in [3.05, 3.63) is 52.8 Å². The second-order valence-corrected chi connectivity index (χ2v) is 10.4. The molecule has 0 radical (unpaired) electrons. The number of benzene rings is 1. The highest BCUT2D eigenvalue weighted by atomic mass is 35.5. The SMILES string of the molecule is CC1CCCN(S(=O)(=O)c2cc(C(=O)N3CCn4cccc4C3C)ccc2Cl)C1. The molecular weight excluding hydrogens is 410 g/mol. The van der Waals surface area contributed by atoms with E-state index >= 15 is 0 Å². The van der Waals surface area contributed by atoms with Gasteiger partial charge in [0, 0.05) is 43.6 Å². The smallest absolute Gasteiger partial charge is 0.254 e. The maximum Gasteiger partial charge on any atom is 0.254 e. The molecule has 0 saturated carbocycles. The molecule has 1 aromatic carbocycles. The third-order valence-electron chi connectivity index (χ3n) is 6.02. The van der Waals surface area contributed by atoms with Gasteiger partial charge in [0.2, 0.25) is 10.0 Å². The Bertz CT molecular complexity index is 1030. The zero-order valence-corrected chi connectivity index (χ0v) is 18.3. The minimum absolute atomic E-state index is 0.0205. The highest BCUT2D eigenvalue weighted by Gasteiger charge is 2.33. The van der Waals surface area contributed by atoms with Crippen molar-refractivity contribution < 1.29 is 13.2 Å². The van der Waals surface area contributed by atoms with Gasteiger partial charge in [0.25, 0.3) is 5.91 Å². The number of aromatic nitrogens is 1. The number of sulfonamides is 1. The number of amides is 1. The molecule has 1 fully saturated rings. The second-order valence-electron chi connectivity index (χ2n) is 8.06. The van der Waals surface area contributed by atoms with E-state index in [2.05, 4.69) is 11.5 Å². The molecule has 29 heavy (non-hydrogen) atoms. The molecule has 1 amide bonds. The van der Waals surface area contributed by atoms with E-state index in [-0.39, 0.29) is 21.9 Å². The molecule has 0 aliphatic carbocycles. The summed E-state index contributed by atoms with van der Waals surface area (Å²) in [5.74, 6) is 0.137. The Morgan fingerprint density at radius 1 is 1.14 bits per heavy atom. The number of fused-ring (bicyclic) bond motifs is 1. The lowest BCUT2D eigenvalue weighted by Gasteiger charge is -2.35. The molecule has 8 heteroatoms. The summed E-state index contributed by atoms with van der Waals surface area (Å²) in [6.07, 6.45) is 3.87. The fourth-order valence-electron chi connectivity index (χ4n) is 4.36. The zero-order valence-electron chi connectivity index (χ0n) is 16.7. The van der Waals surface area contributed by atoms with Crippen molar-refractivity contribution >= 4 is 27.5 Å². The molecule has 6 nitrogen and oxygen atoms in total. The molecule has 2 aromatic rings. The monoisotopic (exact) mass is 435 g/mol. The normalized spacial score (nSPS) is 23.1.